The molecule has 2 aliphatic heterocycles. The molecule has 5 aliphatic rings. The first-order valence-corrected chi connectivity index (χ1v) is 14.1. The molecule has 184 valence electrons. The molecule has 0 aromatic carbocycles. The summed E-state index contributed by atoms with van der Waals surface area (Å²) >= 11 is 14.9. The molecule has 8 nitrogen and oxygen atoms in total. The van der Waals surface area contributed by atoms with E-state index in [0.29, 0.717) is 33.6 Å². The Bertz CT molecular complexity index is 1250. The van der Waals surface area contributed by atoms with Crippen molar-refractivity contribution in [2.75, 3.05) is 18.4 Å². The molecule has 1 saturated heterocycles. The summed E-state index contributed by atoms with van der Waals surface area (Å²) in [6.07, 6.45) is 11.6. The van der Waals surface area contributed by atoms with Crippen LogP contribution in [-0.4, -0.2) is 56.4 Å². The fraction of sp³-hybridized carbons (Fsp3) is 0.542. The maximum atomic E-state index is 13.1. The smallest absolute Gasteiger partial charge is 0.226 e. The first-order valence-electron chi connectivity index (χ1n) is 12.4. The number of amides is 1. The number of halogens is 2. The van der Waals surface area contributed by atoms with Gasteiger partial charge in [0.2, 0.25) is 5.91 Å². The van der Waals surface area contributed by atoms with E-state index in [-0.39, 0.29) is 29.3 Å². The van der Waals surface area contributed by atoms with E-state index in [0.717, 1.165) is 48.5 Å². The lowest BCUT2D eigenvalue weighted by atomic mass is 9.87. The molecule has 35 heavy (non-hydrogen) atoms. The van der Waals surface area contributed by atoms with Crippen LogP contribution in [0.15, 0.2) is 23.5 Å². The second kappa shape index (κ2) is 8.57. The van der Waals surface area contributed by atoms with Crippen LogP contribution in [0.3, 0.4) is 0 Å². The van der Waals surface area contributed by atoms with Gasteiger partial charge in [0.15, 0.2) is 5.65 Å². The third-order valence-electron chi connectivity index (χ3n) is 7.84. The van der Waals surface area contributed by atoms with E-state index in [2.05, 4.69) is 43.0 Å². The Morgan fingerprint density at radius 2 is 1.97 bits per heavy atom. The molecule has 2 aromatic heterocycles. The van der Waals surface area contributed by atoms with Crippen molar-refractivity contribution in [1.29, 1.82) is 0 Å². The molecule has 2 bridgehead atoms. The van der Waals surface area contributed by atoms with Gasteiger partial charge in [-0.2, -0.15) is 0 Å². The Morgan fingerprint density at radius 3 is 2.77 bits per heavy atom. The number of likely N-dealkylation sites (tertiary alicyclic amines) is 1. The van der Waals surface area contributed by atoms with Crippen molar-refractivity contribution in [3.63, 3.8) is 0 Å². The van der Waals surface area contributed by atoms with Gasteiger partial charge in [-0.15, -0.1) is 0 Å². The van der Waals surface area contributed by atoms with E-state index < -0.39 is 0 Å². The third kappa shape index (κ3) is 3.91. The van der Waals surface area contributed by atoms with Crippen molar-refractivity contribution >= 4 is 62.6 Å². The molecule has 3 fully saturated rings. The van der Waals surface area contributed by atoms with Crippen LogP contribution in [0.4, 0.5) is 5.69 Å². The number of thioether (sulfide) groups is 1. The number of nitrogens with one attached hydrogen (secondary N) is 4. The minimum atomic E-state index is -0.111. The SMILES string of the molecule is O=C(NC1CC1)[C@@H]1[C@H](Nc2c(Cl)cnc3nc(C4=C(Cl)NC(N5CCCC5)S4)[nH]c23)[C@H]2C=C[C@@H]1C2. The summed E-state index contributed by atoms with van der Waals surface area (Å²) in [5.74, 6) is 1.27. The Kier molecular flexibility index (Phi) is 5.46. The molecule has 2 saturated carbocycles. The van der Waals surface area contributed by atoms with Crippen molar-refractivity contribution < 1.29 is 4.79 Å². The van der Waals surface area contributed by atoms with Crippen LogP contribution in [-0.2, 0) is 4.79 Å². The number of aromatic amines is 1. The molecule has 3 aliphatic carbocycles. The molecule has 7 rings (SSSR count). The third-order valence-corrected chi connectivity index (χ3v) is 9.81. The van der Waals surface area contributed by atoms with Gasteiger partial charge in [-0.3, -0.25) is 9.69 Å². The van der Waals surface area contributed by atoms with Crippen molar-refractivity contribution in [2.24, 2.45) is 17.8 Å². The van der Waals surface area contributed by atoms with Gasteiger partial charge in [0.05, 0.1) is 27.7 Å². The number of aromatic nitrogens is 3. The molecule has 4 N–H and O–H groups in total. The molecule has 5 atom stereocenters. The minimum absolute atomic E-state index is 0.0246. The van der Waals surface area contributed by atoms with Crippen LogP contribution < -0.4 is 16.0 Å². The van der Waals surface area contributed by atoms with Crippen LogP contribution in [0.5, 0.6) is 0 Å². The van der Waals surface area contributed by atoms with E-state index in [1.807, 2.05) is 0 Å². The highest BCUT2D eigenvalue weighted by Crippen LogP contribution is 2.47. The number of pyridine rings is 1. The summed E-state index contributed by atoms with van der Waals surface area (Å²) in [6.45, 7) is 2.14. The Hall–Kier alpha value is -1.94. The molecular formula is C24H27Cl2N7OS. The lowest BCUT2D eigenvalue weighted by Crippen LogP contribution is -2.44. The van der Waals surface area contributed by atoms with Crippen LogP contribution in [0.1, 0.15) is 37.9 Å². The van der Waals surface area contributed by atoms with Crippen molar-refractivity contribution in [2.45, 2.75) is 49.7 Å². The van der Waals surface area contributed by atoms with Gasteiger partial charge in [0.1, 0.15) is 22.0 Å². The molecule has 0 spiro atoms. The summed E-state index contributed by atoms with van der Waals surface area (Å²) in [4.78, 5) is 29.0. The van der Waals surface area contributed by atoms with E-state index in [4.69, 9.17) is 28.2 Å². The van der Waals surface area contributed by atoms with Gasteiger partial charge in [-0.25, -0.2) is 9.97 Å². The first kappa shape index (κ1) is 22.3. The average molecular weight is 533 g/mol. The number of carbonyl (C=O) groups excluding carboxylic acids is 1. The number of carbonyl (C=O) groups is 1. The second-order valence-electron chi connectivity index (χ2n) is 10.2. The van der Waals surface area contributed by atoms with Gasteiger partial charge in [0.25, 0.3) is 0 Å². The number of anilines is 1. The van der Waals surface area contributed by atoms with Crippen molar-refractivity contribution in [3.05, 3.63) is 34.4 Å². The lowest BCUT2D eigenvalue weighted by Gasteiger charge is -2.29. The summed E-state index contributed by atoms with van der Waals surface area (Å²) in [5.41, 5.74) is 2.18. The van der Waals surface area contributed by atoms with Crippen LogP contribution in [0.25, 0.3) is 16.1 Å². The summed E-state index contributed by atoms with van der Waals surface area (Å²) in [6, 6.07) is 0.320. The number of H-pyrrole nitrogens is 1. The number of allylic oxidation sites excluding steroid dienone is 1. The highest BCUT2D eigenvalue weighted by Gasteiger charge is 2.49. The van der Waals surface area contributed by atoms with Crippen molar-refractivity contribution in [1.82, 2.24) is 30.5 Å². The molecular weight excluding hydrogens is 505 g/mol. The molecule has 2 aromatic rings. The van der Waals surface area contributed by atoms with Gasteiger partial charge in [-0.05, 0) is 43.9 Å². The molecule has 0 radical (unpaired) electrons. The molecule has 1 unspecified atom stereocenters. The van der Waals surface area contributed by atoms with E-state index in [1.165, 1.54) is 12.8 Å². The van der Waals surface area contributed by atoms with E-state index in [1.54, 1.807) is 18.0 Å². The monoisotopic (exact) mass is 531 g/mol. The van der Waals surface area contributed by atoms with Crippen molar-refractivity contribution in [3.8, 4) is 0 Å². The largest absolute Gasteiger partial charge is 0.378 e. The summed E-state index contributed by atoms with van der Waals surface area (Å²) in [7, 11) is 0. The normalized spacial score (nSPS) is 32.1. The maximum absolute atomic E-state index is 13.1. The number of rotatable bonds is 6. The Balaban J connectivity index is 1.18. The lowest BCUT2D eigenvalue weighted by molar-refractivity contribution is -0.126. The standard InChI is InChI=1S/C24H27Cl2N7OS/c25-14-10-27-21-18(30-22(32-21)19-20(26)31-24(35-19)33-7-1-2-8-33)17(14)29-16-12-4-3-11(9-12)15(16)23(34)28-13-5-6-13/h3-4,10-13,15-16,24,31H,1-2,5-9H2,(H,28,34)(H2,27,29,30,32)/t11-,12+,15+,16-,24?/m1/s1. The predicted molar refractivity (Wildman–Crippen MR) is 140 cm³/mol. The number of fused-ring (bicyclic) bond motifs is 3. The van der Waals surface area contributed by atoms with E-state index in [9.17, 15) is 4.79 Å². The van der Waals surface area contributed by atoms with Gasteiger partial charge in [-0.1, -0.05) is 47.1 Å². The molecule has 11 heteroatoms. The Morgan fingerprint density at radius 1 is 1.17 bits per heavy atom. The van der Waals surface area contributed by atoms with Crippen LogP contribution >= 0.6 is 35.0 Å². The number of hydrogen-bond acceptors (Lipinski definition) is 7. The highest BCUT2D eigenvalue weighted by molar-refractivity contribution is 8.09. The first-order chi connectivity index (χ1) is 17.0. The highest BCUT2D eigenvalue weighted by atomic mass is 35.5. The van der Waals surface area contributed by atoms with Gasteiger partial charge in [0, 0.05) is 25.2 Å². The maximum Gasteiger partial charge on any atom is 0.226 e. The van der Waals surface area contributed by atoms with Crippen LogP contribution in [0, 0.1) is 17.8 Å². The number of nitrogens with zero attached hydrogens (tertiary/aromatic N) is 3. The second-order valence-corrected chi connectivity index (χ2v) is 12.1. The molecule has 4 heterocycles. The zero-order valence-electron chi connectivity index (χ0n) is 19.1. The topological polar surface area (TPSA) is 98.0 Å². The Labute approximate surface area is 217 Å². The fourth-order valence-electron chi connectivity index (χ4n) is 5.92. The molecule has 1 amide bonds. The fourth-order valence-corrected chi connectivity index (χ4v) is 7.64. The van der Waals surface area contributed by atoms with Crippen LogP contribution in [0.2, 0.25) is 5.02 Å². The zero-order chi connectivity index (χ0) is 23.7. The zero-order valence-corrected chi connectivity index (χ0v) is 21.4. The quantitative estimate of drug-likeness (QED) is 0.329. The summed E-state index contributed by atoms with van der Waals surface area (Å²) < 4.78 is 0. The number of imidazole rings is 1. The van der Waals surface area contributed by atoms with E-state index >= 15 is 0 Å². The van der Waals surface area contributed by atoms with Gasteiger partial charge < -0.3 is 20.9 Å². The minimum Gasteiger partial charge on any atom is -0.378 e. The average Bonchev–Trinajstić information content (AvgIpc) is 3.39. The van der Waals surface area contributed by atoms with Gasteiger partial charge >= 0.3 is 0 Å². The summed E-state index contributed by atoms with van der Waals surface area (Å²) in [5, 5.41) is 11.3. The number of hydrogen-bond donors (Lipinski definition) is 4. The predicted octanol–water partition coefficient (Wildman–Crippen LogP) is 4.07.